The van der Waals surface area contributed by atoms with Crippen molar-refractivity contribution in [2.24, 2.45) is 0 Å². The summed E-state index contributed by atoms with van der Waals surface area (Å²) in [4.78, 5) is 22.5. The second kappa shape index (κ2) is 8.33. The maximum absolute atomic E-state index is 14.8. The molecule has 2 bridgehead atoms. The number of nitrogens with one attached hydrogen (secondary N) is 1. The first-order valence-electron chi connectivity index (χ1n) is 12.0. The molecule has 0 saturated heterocycles. The van der Waals surface area contributed by atoms with Gasteiger partial charge in [0.15, 0.2) is 0 Å². The third-order valence-electron chi connectivity index (χ3n) is 8.00. The number of aryl methyl sites for hydroxylation is 2. The average molecular weight is 487 g/mol. The van der Waals surface area contributed by atoms with Crippen LogP contribution in [0.2, 0.25) is 0 Å². The molecule has 0 unspecified atom stereocenters. The summed E-state index contributed by atoms with van der Waals surface area (Å²) < 4.78 is 43.1. The smallest absolute Gasteiger partial charge is 0.266 e. The predicted octanol–water partition coefficient (Wildman–Crippen LogP) is 5.45. The van der Waals surface area contributed by atoms with Crippen molar-refractivity contribution in [3.8, 4) is 0 Å². The van der Waals surface area contributed by atoms with Gasteiger partial charge in [-0.15, -0.1) is 0 Å². The first-order chi connectivity index (χ1) is 16.5. The van der Waals surface area contributed by atoms with Gasteiger partial charge in [-0.1, -0.05) is 18.2 Å². The van der Waals surface area contributed by atoms with Crippen molar-refractivity contribution in [3.05, 3.63) is 63.1 Å². The summed E-state index contributed by atoms with van der Waals surface area (Å²) in [6.45, 7) is 5.13. The molecule has 2 aromatic heterocycles. The molecule has 1 aromatic carbocycles. The monoisotopic (exact) mass is 486 g/mol. The number of rotatable bonds is 5. The van der Waals surface area contributed by atoms with Crippen molar-refractivity contribution >= 4 is 16.7 Å². The van der Waals surface area contributed by atoms with Gasteiger partial charge in [-0.05, 0) is 59.3 Å². The quantitative estimate of drug-likeness (QED) is 0.501. The van der Waals surface area contributed by atoms with Crippen molar-refractivity contribution < 1.29 is 18.3 Å². The van der Waals surface area contributed by atoms with E-state index in [1.165, 1.54) is 12.1 Å². The van der Waals surface area contributed by atoms with E-state index in [0.29, 0.717) is 66.6 Å². The fourth-order valence-corrected chi connectivity index (χ4v) is 5.78. The van der Waals surface area contributed by atoms with Crippen LogP contribution in [0.15, 0.2) is 29.2 Å². The van der Waals surface area contributed by atoms with Gasteiger partial charge < -0.3 is 15.0 Å². The van der Waals surface area contributed by atoms with E-state index in [9.17, 15) is 23.1 Å². The number of fused-ring (bicyclic) bond motifs is 4. The third-order valence-corrected chi connectivity index (χ3v) is 8.00. The molecule has 3 aliphatic carbocycles. The number of hydrogen-bond donors (Lipinski definition) is 2. The molecule has 1 atom stereocenters. The summed E-state index contributed by atoms with van der Waals surface area (Å²) in [5.74, 6) is -0.0903. The summed E-state index contributed by atoms with van der Waals surface area (Å²) in [6.07, 6.45) is 2.98. The lowest BCUT2D eigenvalue weighted by molar-refractivity contribution is -0.0865. The minimum absolute atomic E-state index is 0.106. The van der Waals surface area contributed by atoms with Crippen molar-refractivity contribution in [2.45, 2.75) is 82.9 Å². The van der Waals surface area contributed by atoms with E-state index in [2.05, 4.69) is 15.3 Å². The Morgan fingerprint density at radius 3 is 2.31 bits per heavy atom. The molecular weight excluding hydrogens is 457 g/mol. The first-order valence-corrected chi connectivity index (χ1v) is 12.0. The van der Waals surface area contributed by atoms with Crippen LogP contribution in [0.1, 0.15) is 80.4 Å². The molecule has 9 heteroatoms. The molecule has 2 heterocycles. The lowest BCUT2D eigenvalue weighted by Gasteiger charge is -2.51. The number of alkyl halides is 2. The van der Waals surface area contributed by atoms with Crippen LogP contribution in [0.3, 0.4) is 0 Å². The Bertz CT molecular complexity index is 1350. The predicted molar refractivity (Wildman–Crippen MR) is 127 cm³/mol. The molecule has 0 amide bonds. The SMILES string of the molecule is Cc1nc(N[C@@H](C)c2cccc(C(F)F)c2F)c2cn(C34CCC(O)(CC3)CC4)c(=O)c(C)c2n1. The van der Waals surface area contributed by atoms with Gasteiger partial charge in [0.2, 0.25) is 0 Å². The van der Waals surface area contributed by atoms with E-state index >= 15 is 0 Å². The molecule has 3 aliphatic rings. The number of aliphatic hydroxyl groups is 1. The Balaban J connectivity index is 1.61. The lowest BCUT2D eigenvalue weighted by atomic mass is 9.63. The minimum Gasteiger partial charge on any atom is -0.390 e. The Morgan fingerprint density at radius 1 is 1.06 bits per heavy atom. The van der Waals surface area contributed by atoms with E-state index in [1.807, 2.05) is 0 Å². The zero-order chi connectivity index (χ0) is 25.1. The van der Waals surface area contributed by atoms with Crippen LogP contribution < -0.4 is 10.9 Å². The molecule has 186 valence electrons. The van der Waals surface area contributed by atoms with Crippen LogP contribution in [0.4, 0.5) is 19.0 Å². The second-order valence-electron chi connectivity index (χ2n) is 10.2. The molecule has 6 nitrogen and oxygen atoms in total. The Labute approximate surface area is 201 Å². The highest BCUT2D eigenvalue weighted by Gasteiger charge is 2.49. The number of anilines is 1. The number of pyridine rings is 1. The average Bonchev–Trinajstić information content (AvgIpc) is 2.82. The second-order valence-corrected chi connectivity index (χ2v) is 10.2. The molecule has 3 saturated carbocycles. The fraction of sp³-hybridized carbons (Fsp3) is 0.500. The van der Waals surface area contributed by atoms with E-state index in [0.717, 1.165) is 6.07 Å². The summed E-state index contributed by atoms with van der Waals surface area (Å²) >= 11 is 0. The summed E-state index contributed by atoms with van der Waals surface area (Å²) in [5.41, 5.74) is -0.640. The highest BCUT2D eigenvalue weighted by atomic mass is 19.3. The molecular formula is C26H29F3N4O2. The van der Waals surface area contributed by atoms with E-state index in [1.54, 1.807) is 31.5 Å². The highest BCUT2D eigenvalue weighted by molar-refractivity contribution is 5.90. The molecule has 6 rings (SSSR count). The van der Waals surface area contributed by atoms with Crippen LogP contribution in [0.25, 0.3) is 10.9 Å². The normalized spacial score (nSPS) is 24.8. The summed E-state index contributed by atoms with van der Waals surface area (Å²) in [7, 11) is 0. The van der Waals surface area contributed by atoms with E-state index in [4.69, 9.17) is 0 Å². The molecule has 0 aliphatic heterocycles. The van der Waals surface area contributed by atoms with Crippen molar-refractivity contribution in [2.75, 3.05) is 5.32 Å². The summed E-state index contributed by atoms with van der Waals surface area (Å²) in [5, 5.41) is 14.4. The Morgan fingerprint density at radius 2 is 1.69 bits per heavy atom. The molecule has 0 radical (unpaired) electrons. The maximum atomic E-state index is 14.8. The Hall–Kier alpha value is -2.94. The Kier molecular flexibility index (Phi) is 5.66. The van der Waals surface area contributed by atoms with Gasteiger partial charge in [0.1, 0.15) is 17.5 Å². The lowest BCUT2D eigenvalue weighted by Crippen LogP contribution is -2.53. The minimum atomic E-state index is -2.91. The van der Waals surface area contributed by atoms with Crippen molar-refractivity contribution in [1.29, 1.82) is 0 Å². The zero-order valence-corrected chi connectivity index (χ0v) is 20.0. The molecule has 3 aromatic rings. The standard InChI is InChI=1S/C26H29F3N4O2/c1-14-21-19(13-33(24(14)34)25-7-10-26(35,11-8-25)12-9-25)23(32-16(3)31-21)30-15(2)17-5-4-6-18(20(17)27)22(28)29/h4-6,13,15,22,35H,7-12H2,1-3H3,(H,30,31,32)/t15-,25?,26?/m0/s1. The topological polar surface area (TPSA) is 80.0 Å². The van der Waals surface area contributed by atoms with Gasteiger partial charge in [-0.2, -0.15) is 0 Å². The fourth-order valence-electron chi connectivity index (χ4n) is 5.78. The van der Waals surface area contributed by atoms with E-state index < -0.39 is 29.4 Å². The van der Waals surface area contributed by atoms with Crippen LogP contribution >= 0.6 is 0 Å². The van der Waals surface area contributed by atoms with Gasteiger partial charge in [0.25, 0.3) is 12.0 Å². The number of aromatic nitrogens is 3. The number of hydrogen-bond acceptors (Lipinski definition) is 5. The van der Waals surface area contributed by atoms with Crippen LogP contribution in [-0.2, 0) is 5.54 Å². The van der Waals surface area contributed by atoms with Crippen molar-refractivity contribution in [3.63, 3.8) is 0 Å². The van der Waals surface area contributed by atoms with Gasteiger partial charge in [0.05, 0.1) is 28.1 Å². The van der Waals surface area contributed by atoms with E-state index in [-0.39, 0.29) is 16.7 Å². The van der Waals surface area contributed by atoms with Gasteiger partial charge in [-0.25, -0.2) is 23.1 Å². The highest BCUT2D eigenvalue weighted by Crippen LogP contribution is 2.50. The van der Waals surface area contributed by atoms with Gasteiger partial charge in [-0.3, -0.25) is 4.79 Å². The number of nitrogens with zero attached hydrogens (tertiary/aromatic N) is 3. The van der Waals surface area contributed by atoms with Crippen LogP contribution in [-0.4, -0.2) is 25.2 Å². The summed E-state index contributed by atoms with van der Waals surface area (Å²) in [6, 6.07) is 3.30. The molecule has 35 heavy (non-hydrogen) atoms. The van der Waals surface area contributed by atoms with Crippen LogP contribution in [0, 0.1) is 19.7 Å². The van der Waals surface area contributed by atoms with Gasteiger partial charge >= 0.3 is 0 Å². The van der Waals surface area contributed by atoms with Crippen molar-refractivity contribution in [1.82, 2.24) is 14.5 Å². The first kappa shape index (κ1) is 23.8. The largest absolute Gasteiger partial charge is 0.390 e. The molecule has 3 fully saturated rings. The molecule has 2 N–H and O–H groups in total. The third kappa shape index (κ3) is 3.90. The number of benzene rings is 1. The zero-order valence-electron chi connectivity index (χ0n) is 20.0. The van der Waals surface area contributed by atoms with Gasteiger partial charge in [0, 0.05) is 22.9 Å². The van der Waals surface area contributed by atoms with Crippen LogP contribution in [0.5, 0.6) is 0 Å². The molecule has 0 spiro atoms. The number of halogens is 3. The maximum Gasteiger partial charge on any atom is 0.266 e.